The van der Waals surface area contributed by atoms with E-state index in [1.54, 1.807) is 18.3 Å². The van der Waals surface area contributed by atoms with Gasteiger partial charge in [0.25, 0.3) is 11.8 Å². The van der Waals surface area contributed by atoms with Gasteiger partial charge >= 0.3 is 0 Å². The average molecular weight is 402 g/mol. The van der Waals surface area contributed by atoms with Gasteiger partial charge in [-0.1, -0.05) is 18.2 Å². The van der Waals surface area contributed by atoms with Crippen molar-refractivity contribution in [3.63, 3.8) is 0 Å². The lowest BCUT2D eigenvalue weighted by molar-refractivity contribution is -0.125. The fraction of sp³-hybridized carbons (Fsp3) is 0.318. The third kappa shape index (κ3) is 2.87. The second-order valence-corrected chi connectivity index (χ2v) is 7.90. The van der Waals surface area contributed by atoms with Crippen LogP contribution in [0, 0.1) is 5.41 Å². The summed E-state index contributed by atoms with van der Waals surface area (Å²) >= 11 is 0. The first kappa shape index (κ1) is 18.5. The van der Waals surface area contributed by atoms with Crippen molar-refractivity contribution < 1.29 is 9.59 Å². The van der Waals surface area contributed by atoms with Crippen molar-refractivity contribution in [2.24, 2.45) is 10.5 Å². The molecule has 1 aromatic carbocycles. The molecule has 3 aromatic rings. The van der Waals surface area contributed by atoms with Crippen LogP contribution >= 0.6 is 0 Å². The maximum atomic E-state index is 13.3. The van der Waals surface area contributed by atoms with Crippen molar-refractivity contribution in [1.29, 1.82) is 0 Å². The molecule has 0 radical (unpaired) electrons. The lowest BCUT2D eigenvalue weighted by atomic mass is 9.69. The number of amides is 2. The number of anilines is 1. The van der Waals surface area contributed by atoms with E-state index in [-0.39, 0.29) is 17.9 Å². The van der Waals surface area contributed by atoms with Crippen LogP contribution in [0.3, 0.4) is 0 Å². The van der Waals surface area contributed by atoms with Gasteiger partial charge in [-0.15, -0.1) is 0 Å². The molecule has 3 heterocycles. The molecule has 2 amide bonds. The number of nitrogens with one attached hydrogen (secondary N) is 1. The van der Waals surface area contributed by atoms with Crippen molar-refractivity contribution in [2.45, 2.75) is 38.6 Å². The predicted molar refractivity (Wildman–Crippen MR) is 112 cm³/mol. The van der Waals surface area contributed by atoms with Gasteiger partial charge in [-0.05, 0) is 56.9 Å². The number of benzene rings is 1. The van der Waals surface area contributed by atoms with Crippen LogP contribution in [0.1, 0.15) is 43.1 Å². The molecule has 1 fully saturated rings. The Labute approximate surface area is 173 Å². The predicted octanol–water partition coefficient (Wildman–Crippen LogP) is 2.81. The quantitative estimate of drug-likeness (QED) is 0.729. The third-order valence-corrected chi connectivity index (χ3v) is 6.23. The maximum Gasteiger partial charge on any atom is 0.271 e. The number of hydrazone groups is 1. The van der Waals surface area contributed by atoms with E-state index in [1.807, 2.05) is 37.3 Å². The number of rotatable bonds is 3. The number of para-hydroxylation sites is 1. The van der Waals surface area contributed by atoms with E-state index < -0.39 is 5.41 Å². The normalized spacial score (nSPS) is 23.8. The summed E-state index contributed by atoms with van der Waals surface area (Å²) in [5.41, 5.74) is 2.12. The first-order chi connectivity index (χ1) is 14.6. The summed E-state index contributed by atoms with van der Waals surface area (Å²) in [4.78, 5) is 30.2. The summed E-state index contributed by atoms with van der Waals surface area (Å²) in [6.45, 7) is 1.93. The van der Waals surface area contributed by atoms with Crippen LogP contribution in [0.4, 0.5) is 5.69 Å². The van der Waals surface area contributed by atoms with Gasteiger partial charge in [0.15, 0.2) is 5.65 Å². The van der Waals surface area contributed by atoms with E-state index in [4.69, 9.17) is 0 Å². The van der Waals surface area contributed by atoms with Gasteiger partial charge in [-0.25, -0.2) is 9.50 Å². The second-order valence-electron chi connectivity index (χ2n) is 7.90. The molecule has 152 valence electrons. The van der Waals surface area contributed by atoms with Crippen molar-refractivity contribution in [2.75, 3.05) is 5.01 Å². The molecular weight excluding hydrogens is 380 g/mol. The first-order valence-electron chi connectivity index (χ1n) is 10.1. The number of aromatic nitrogens is 3. The highest BCUT2D eigenvalue weighted by Crippen LogP contribution is 2.44. The molecular formula is C22H22N6O2. The number of hydrogen-bond acceptors (Lipinski definition) is 5. The highest BCUT2D eigenvalue weighted by molar-refractivity contribution is 6.18. The van der Waals surface area contributed by atoms with E-state index in [9.17, 15) is 9.59 Å². The summed E-state index contributed by atoms with van der Waals surface area (Å²) < 4.78 is 1.54. The minimum Gasteiger partial charge on any atom is -0.348 e. The van der Waals surface area contributed by atoms with Gasteiger partial charge in [0.2, 0.25) is 0 Å². The summed E-state index contributed by atoms with van der Waals surface area (Å²) in [7, 11) is 0. The van der Waals surface area contributed by atoms with E-state index in [1.165, 1.54) is 15.7 Å². The maximum absolute atomic E-state index is 13.3. The standard InChI is InChI=1S/C22H22N6O2/c1-15-22(21(30)27(26-15)17-6-3-2-4-7-17)11-9-16(10-12-22)25-20(29)18-14-23-19-8-5-13-24-28(18)19/h2-8,13-14,16H,9-12H2,1H3,(H,25,29)/t16-,22-. The molecule has 30 heavy (non-hydrogen) atoms. The molecule has 2 aromatic heterocycles. The van der Waals surface area contributed by atoms with Crippen LogP contribution in [-0.2, 0) is 4.79 Å². The molecule has 0 bridgehead atoms. The van der Waals surface area contributed by atoms with Gasteiger partial charge in [-0.3, -0.25) is 9.59 Å². The molecule has 5 rings (SSSR count). The highest BCUT2D eigenvalue weighted by Gasteiger charge is 2.51. The zero-order valence-electron chi connectivity index (χ0n) is 16.7. The van der Waals surface area contributed by atoms with E-state index in [0.717, 1.165) is 24.2 Å². The molecule has 8 nitrogen and oxygen atoms in total. The van der Waals surface area contributed by atoms with Gasteiger partial charge in [0.05, 0.1) is 23.0 Å². The third-order valence-electron chi connectivity index (χ3n) is 6.23. The van der Waals surface area contributed by atoms with Crippen molar-refractivity contribution in [1.82, 2.24) is 19.9 Å². The molecule has 0 atom stereocenters. The van der Waals surface area contributed by atoms with Gasteiger partial charge in [-0.2, -0.15) is 15.2 Å². The van der Waals surface area contributed by atoms with Crippen molar-refractivity contribution >= 4 is 28.9 Å². The van der Waals surface area contributed by atoms with Crippen molar-refractivity contribution in [3.05, 3.63) is 60.6 Å². The molecule has 0 saturated heterocycles. The van der Waals surface area contributed by atoms with Gasteiger partial charge in [0.1, 0.15) is 5.69 Å². The number of carbonyl (C=O) groups is 2. The molecule has 1 N–H and O–H groups in total. The molecule has 1 saturated carbocycles. The van der Waals surface area contributed by atoms with Crippen LogP contribution < -0.4 is 10.3 Å². The SMILES string of the molecule is CC1=NN(c2ccccc2)C(=O)[C@]12CC[C@H](NC(=O)c1cnc3cccnn13)CC2. The average Bonchev–Trinajstić information content (AvgIpc) is 3.31. The lowest BCUT2D eigenvalue weighted by Gasteiger charge is -2.36. The summed E-state index contributed by atoms with van der Waals surface area (Å²) in [5.74, 6) is -0.168. The fourth-order valence-corrected chi connectivity index (χ4v) is 4.47. The van der Waals surface area contributed by atoms with Gasteiger partial charge in [0, 0.05) is 12.2 Å². The number of nitrogens with zero attached hydrogens (tertiary/aromatic N) is 5. The van der Waals surface area contributed by atoms with Crippen LogP contribution in [0.5, 0.6) is 0 Å². The molecule has 2 aliphatic rings. The zero-order chi connectivity index (χ0) is 20.7. The lowest BCUT2D eigenvalue weighted by Crippen LogP contribution is -2.47. The Morgan fingerprint density at radius 3 is 2.67 bits per heavy atom. The fourth-order valence-electron chi connectivity index (χ4n) is 4.47. The van der Waals surface area contributed by atoms with Gasteiger partial charge < -0.3 is 5.32 Å². The largest absolute Gasteiger partial charge is 0.348 e. The number of hydrogen-bond donors (Lipinski definition) is 1. The number of fused-ring (bicyclic) bond motifs is 1. The Bertz CT molecular complexity index is 1140. The Balaban J connectivity index is 1.28. The monoisotopic (exact) mass is 402 g/mol. The first-order valence-corrected chi connectivity index (χ1v) is 10.1. The Kier molecular flexibility index (Phi) is 4.34. The molecule has 0 unspecified atom stereocenters. The van der Waals surface area contributed by atoms with E-state index in [2.05, 4.69) is 20.5 Å². The van der Waals surface area contributed by atoms with Crippen LogP contribution in [0.25, 0.3) is 5.65 Å². The molecule has 1 aliphatic carbocycles. The smallest absolute Gasteiger partial charge is 0.271 e. The Hall–Kier alpha value is -3.55. The Morgan fingerprint density at radius 2 is 1.90 bits per heavy atom. The van der Waals surface area contributed by atoms with Crippen molar-refractivity contribution in [3.8, 4) is 0 Å². The molecule has 1 aliphatic heterocycles. The number of carbonyl (C=O) groups excluding carboxylic acids is 2. The van der Waals surface area contributed by atoms with Crippen LogP contribution in [-0.4, -0.2) is 38.2 Å². The number of imidazole rings is 1. The molecule has 1 spiro atoms. The minimum atomic E-state index is -0.568. The topological polar surface area (TPSA) is 92.0 Å². The Morgan fingerprint density at radius 1 is 1.13 bits per heavy atom. The summed E-state index contributed by atoms with van der Waals surface area (Å²) in [5, 5.41) is 13.4. The van der Waals surface area contributed by atoms with Crippen LogP contribution in [0.15, 0.2) is 60.0 Å². The summed E-state index contributed by atoms with van der Waals surface area (Å²) in [6.07, 6.45) is 5.94. The summed E-state index contributed by atoms with van der Waals surface area (Å²) in [6, 6.07) is 13.1. The molecule has 8 heteroatoms. The minimum absolute atomic E-state index is 0.00348. The van der Waals surface area contributed by atoms with E-state index >= 15 is 0 Å². The van der Waals surface area contributed by atoms with E-state index in [0.29, 0.717) is 24.2 Å². The zero-order valence-corrected chi connectivity index (χ0v) is 16.7. The van der Waals surface area contributed by atoms with Crippen LogP contribution in [0.2, 0.25) is 0 Å². The highest BCUT2D eigenvalue weighted by atomic mass is 16.2. The second kappa shape index (κ2) is 7.05.